The van der Waals surface area contributed by atoms with Crippen LogP contribution in [0.3, 0.4) is 0 Å². The second-order valence-corrected chi connectivity index (χ2v) is 4.19. The zero-order valence-corrected chi connectivity index (χ0v) is 7.85. The summed E-state index contributed by atoms with van der Waals surface area (Å²) in [7, 11) is -3.14. The van der Waals surface area contributed by atoms with Crippen LogP contribution in [0.4, 0.5) is 0 Å². The fourth-order valence-electron chi connectivity index (χ4n) is 0.913. The second-order valence-electron chi connectivity index (χ2n) is 2.38. The Labute approximate surface area is 70.7 Å². The fourth-order valence-corrected chi connectivity index (χ4v) is 2.34. The molecule has 1 atom stereocenters. The molecule has 1 amide bonds. The topological polar surface area (TPSA) is 67.4 Å². The van der Waals surface area contributed by atoms with Crippen LogP contribution in [0.2, 0.25) is 0 Å². The second kappa shape index (κ2) is 3.29. The first kappa shape index (κ1) is 9.29. The Bertz CT molecular complexity index is 274. The van der Waals surface area contributed by atoms with Crippen LogP contribution in [-0.2, 0) is 13.9 Å². The van der Waals surface area contributed by atoms with Gasteiger partial charge < -0.3 is 5.09 Å². The molecule has 0 spiro atoms. The molecule has 0 aromatic rings. The van der Waals surface area contributed by atoms with E-state index in [2.05, 4.69) is 10.2 Å². The Balaban J connectivity index is 2.78. The van der Waals surface area contributed by atoms with Gasteiger partial charge >= 0.3 is 7.67 Å². The summed E-state index contributed by atoms with van der Waals surface area (Å²) in [4.78, 5) is 10.9. The molecule has 68 valence electrons. The van der Waals surface area contributed by atoms with E-state index in [1.54, 1.807) is 13.8 Å². The summed E-state index contributed by atoms with van der Waals surface area (Å²) in [5.41, 5.74) is 0.551. The Morgan fingerprint density at radius 2 is 2.25 bits per heavy atom. The SMILES string of the molecule is CCOP1(=O)NC(=O)C=C(C)N1. The van der Waals surface area contributed by atoms with Gasteiger partial charge in [0.15, 0.2) is 0 Å². The summed E-state index contributed by atoms with van der Waals surface area (Å²) < 4.78 is 16.4. The Morgan fingerprint density at radius 3 is 2.75 bits per heavy atom. The Hall–Kier alpha value is -0.800. The van der Waals surface area contributed by atoms with Crippen LogP contribution in [0.15, 0.2) is 11.8 Å². The van der Waals surface area contributed by atoms with Crippen molar-refractivity contribution < 1.29 is 13.9 Å². The Morgan fingerprint density at radius 1 is 1.58 bits per heavy atom. The highest BCUT2D eigenvalue weighted by atomic mass is 31.2. The molecule has 1 heterocycles. The third-order valence-corrected chi connectivity index (χ3v) is 3.02. The average molecular weight is 190 g/mol. The lowest BCUT2D eigenvalue weighted by atomic mass is 10.4. The molecule has 5 nitrogen and oxygen atoms in total. The zero-order valence-electron chi connectivity index (χ0n) is 6.96. The van der Waals surface area contributed by atoms with Crippen molar-refractivity contribution in [2.45, 2.75) is 13.8 Å². The Kier molecular flexibility index (Phi) is 2.55. The number of hydrogen-bond donors (Lipinski definition) is 2. The van der Waals surface area contributed by atoms with Crippen molar-refractivity contribution in [3.8, 4) is 0 Å². The number of allylic oxidation sites excluding steroid dienone is 1. The minimum Gasteiger partial charge on any atom is -0.302 e. The van der Waals surface area contributed by atoms with Crippen LogP contribution in [0, 0.1) is 0 Å². The average Bonchev–Trinajstić information content (AvgIpc) is 1.82. The number of hydrogen-bond acceptors (Lipinski definition) is 3. The van der Waals surface area contributed by atoms with E-state index in [-0.39, 0.29) is 12.5 Å². The molecule has 1 aliphatic heterocycles. The molecule has 0 saturated carbocycles. The van der Waals surface area contributed by atoms with Gasteiger partial charge in [0, 0.05) is 11.8 Å². The van der Waals surface area contributed by atoms with Crippen molar-refractivity contribution in [1.82, 2.24) is 10.2 Å². The molecule has 12 heavy (non-hydrogen) atoms. The van der Waals surface area contributed by atoms with Gasteiger partial charge in [-0.1, -0.05) is 0 Å². The number of carbonyl (C=O) groups excluding carboxylic acids is 1. The molecule has 0 aliphatic carbocycles. The smallest absolute Gasteiger partial charge is 0.302 e. The quantitative estimate of drug-likeness (QED) is 0.630. The van der Waals surface area contributed by atoms with Crippen molar-refractivity contribution in [3.05, 3.63) is 11.8 Å². The van der Waals surface area contributed by atoms with Crippen LogP contribution in [0.1, 0.15) is 13.8 Å². The van der Waals surface area contributed by atoms with E-state index < -0.39 is 7.67 Å². The van der Waals surface area contributed by atoms with E-state index in [0.717, 1.165) is 0 Å². The van der Waals surface area contributed by atoms with Crippen molar-refractivity contribution >= 4 is 13.6 Å². The van der Waals surface area contributed by atoms with Crippen LogP contribution >= 0.6 is 7.67 Å². The van der Waals surface area contributed by atoms with E-state index >= 15 is 0 Å². The molecule has 0 radical (unpaired) electrons. The molecule has 1 unspecified atom stereocenters. The first-order valence-electron chi connectivity index (χ1n) is 3.59. The van der Waals surface area contributed by atoms with Crippen LogP contribution in [0.25, 0.3) is 0 Å². The molecule has 2 N–H and O–H groups in total. The monoisotopic (exact) mass is 190 g/mol. The van der Waals surface area contributed by atoms with Crippen LogP contribution < -0.4 is 10.2 Å². The summed E-state index contributed by atoms with van der Waals surface area (Å²) in [6.45, 7) is 3.66. The molecule has 1 rings (SSSR count). The molecule has 0 aromatic carbocycles. The first-order chi connectivity index (χ1) is 5.56. The summed E-state index contributed by atoms with van der Waals surface area (Å²) in [6, 6.07) is 0. The van der Waals surface area contributed by atoms with Gasteiger partial charge in [-0.05, 0) is 13.8 Å². The normalized spacial score (nSPS) is 28.8. The van der Waals surface area contributed by atoms with Crippen molar-refractivity contribution in [1.29, 1.82) is 0 Å². The van der Waals surface area contributed by atoms with Gasteiger partial charge in [-0.3, -0.25) is 14.4 Å². The highest BCUT2D eigenvalue weighted by Crippen LogP contribution is 2.40. The number of carbonyl (C=O) groups is 1. The third kappa shape index (κ3) is 2.09. The number of nitrogens with one attached hydrogen (secondary N) is 2. The molecule has 0 aromatic heterocycles. The first-order valence-corrected chi connectivity index (χ1v) is 5.21. The third-order valence-electron chi connectivity index (χ3n) is 1.24. The summed E-state index contributed by atoms with van der Waals surface area (Å²) in [5.74, 6) is -0.386. The maximum atomic E-state index is 11.5. The molecular weight excluding hydrogens is 179 g/mol. The lowest BCUT2D eigenvalue weighted by Gasteiger charge is -2.23. The largest absolute Gasteiger partial charge is 0.394 e. The summed E-state index contributed by atoms with van der Waals surface area (Å²) in [6.07, 6.45) is 1.33. The zero-order chi connectivity index (χ0) is 9.19. The van der Waals surface area contributed by atoms with Gasteiger partial charge in [0.2, 0.25) is 0 Å². The van der Waals surface area contributed by atoms with Gasteiger partial charge in [-0.15, -0.1) is 0 Å². The predicted octanol–water partition coefficient (Wildman–Crippen LogP) is 0.754. The molecule has 0 saturated heterocycles. The number of rotatable bonds is 2. The van der Waals surface area contributed by atoms with Gasteiger partial charge in [0.05, 0.1) is 6.61 Å². The molecule has 0 fully saturated rings. The van der Waals surface area contributed by atoms with E-state index in [0.29, 0.717) is 5.70 Å². The van der Waals surface area contributed by atoms with Crippen molar-refractivity contribution in [2.75, 3.05) is 6.61 Å². The van der Waals surface area contributed by atoms with Gasteiger partial charge in [0.1, 0.15) is 0 Å². The highest BCUT2D eigenvalue weighted by Gasteiger charge is 2.28. The predicted molar refractivity (Wildman–Crippen MR) is 44.3 cm³/mol. The van der Waals surface area contributed by atoms with E-state index in [1.165, 1.54) is 6.08 Å². The molecule has 6 heteroatoms. The van der Waals surface area contributed by atoms with Gasteiger partial charge in [-0.2, -0.15) is 0 Å². The summed E-state index contributed by atoms with van der Waals surface area (Å²) in [5, 5.41) is 4.82. The molecule has 0 bridgehead atoms. The van der Waals surface area contributed by atoms with Crippen molar-refractivity contribution in [2.24, 2.45) is 0 Å². The van der Waals surface area contributed by atoms with E-state index in [4.69, 9.17) is 4.52 Å². The minimum absolute atomic E-state index is 0.290. The maximum Gasteiger partial charge on any atom is 0.394 e. The van der Waals surface area contributed by atoms with Crippen molar-refractivity contribution in [3.63, 3.8) is 0 Å². The summed E-state index contributed by atoms with van der Waals surface area (Å²) >= 11 is 0. The molecular formula is C6H11N2O3P. The van der Waals surface area contributed by atoms with Gasteiger partial charge in [-0.25, -0.2) is 4.57 Å². The van der Waals surface area contributed by atoms with E-state index in [9.17, 15) is 9.36 Å². The van der Waals surface area contributed by atoms with E-state index in [1.807, 2.05) is 0 Å². The maximum absolute atomic E-state index is 11.5. The van der Waals surface area contributed by atoms with Crippen LogP contribution in [-0.4, -0.2) is 12.5 Å². The lowest BCUT2D eigenvalue weighted by molar-refractivity contribution is -0.115. The highest BCUT2D eigenvalue weighted by molar-refractivity contribution is 7.55. The lowest BCUT2D eigenvalue weighted by Crippen LogP contribution is -2.32. The van der Waals surface area contributed by atoms with Gasteiger partial charge in [0.25, 0.3) is 5.91 Å². The van der Waals surface area contributed by atoms with Crippen LogP contribution in [0.5, 0.6) is 0 Å². The number of amides is 1. The fraction of sp³-hybridized carbons (Fsp3) is 0.500. The standard InChI is InChI=1S/C6H11N2O3P/c1-3-11-12(10)7-5(2)4-6(9)8-12/h4H,3H2,1-2H3,(H2,7,8,9,10). The molecule has 1 aliphatic rings. The minimum atomic E-state index is -3.14.